The van der Waals surface area contributed by atoms with Crippen LogP contribution in [-0.2, 0) is 0 Å². The standard InChI is InChI=1S/C9H11F4N3O/c1-6-7(10)8(15-5-14-6)16(2-3-17)4-9(11,12)13/h5,17H,2-4H2,1H3. The van der Waals surface area contributed by atoms with Gasteiger partial charge in [-0.2, -0.15) is 13.2 Å². The van der Waals surface area contributed by atoms with Crippen molar-refractivity contribution in [3.63, 3.8) is 0 Å². The number of halogens is 4. The fourth-order valence-electron chi connectivity index (χ4n) is 1.26. The number of aliphatic hydroxyl groups excluding tert-OH is 1. The molecule has 0 amide bonds. The number of alkyl halides is 3. The van der Waals surface area contributed by atoms with Crippen LogP contribution in [0.5, 0.6) is 0 Å². The number of aromatic nitrogens is 2. The van der Waals surface area contributed by atoms with E-state index in [2.05, 4.69) is 9.97 Å². The van der Waals surface area contributed by atoms with Gasteiger partial charge in [0.15, 0.2) is 11.6 Å². The Hall–Kier alpha value is -1.44. The summed E-state index contributed by atoms with van der Waals surface area (Å²) >= 11 is 0. The second-order valence-corrected chi connectivity index (χ2v) is 3.36. The maximum Gasteiger partial charge on any atom is 0.405 e. The first-order valence-electron chi connectivity index (χ1n) is 4.75. The molecule has 0 unspecified atom stereocenters. The van der Waals surface area contributed by atoms with Gasteiger partial charge >= 0.3 is 6.18 Å². The van der Waals surface area contributed by atoms with Gasteiger partial charge in [-0.25, -0.2) is 14.4 Å². The van der Waals surface area contributed by atoms with Crippen molar-refractivity contribution in [2.45, 2.75) is 13.1 Å². The molecule has 0 saturated carbocycles. The highest BCUT2D eigenvalue weighted by Crippen LogP contribution is 2.23. The van der Waals surface area contributed by atoms with Crippen LogP contribution >= 0.6 is 0 Å². The maximum absolute atomic E-state index is 13.5. The van der Waals surface area contributed by atoms with E-state index in [0.717, 1.165) is 6.33 Å². The van der Waals surface area contributed by atoms with E-state index < -0.39 is 31.0 Å². The molecular formula is C9H11F4N3O. The van der Waals surface area contributed by atoms with Crippen molar-refractivity contribution in [1.82, 2.24) is 9.97 Å². The number of aryl methyl sites for hydroxylation is 1. The number of nitrogens with zero attached hydrogens (tertiary/aromatic N) is 3. The smallest absolute Gasteiger partial charge is 0.395 e. The Bertz CT molecular complexity index is 383. The van der Waals surface area contributed by atoms with E-state index in [1.54, 1.807) is 0 Å². The molecule has 4 nitrogen and oxygen atoms in total. The van der Waals surface area contributed by atoms with Crippen molar-refractivity contribution in [3.05, 3.63) is 17.8 Å². The SMILES string of the molecule is Cc1ncnc(N(CCO)CC(F)(F)F)c1F. The topological polar surface area (TPSA) is 49.2 Å². The van der Waals surface area contributed by atoms with E-state index in [0.29, 0.717) is 4.90 Å². The van der Waals surface area contributed by atoms with Gasteiger partial charge in [-0.05, 0) is 6.92 Å². The molecule has 0 spiro atoms. The molecule has 1 heterocycles. The number of rotatable bonds is 4. The normalized spacial score (nSPS) is 11.6. The van der Waals surface area contributed by atoms with Crippen LogP contribution in [0, 0.1) is 12.7 Å². The Kier molecular flexibility index (Phi) is 4.22. The van der Waals surface area contributed by atoms with E-state index in [9.17, 15) is 17.6 Å². The van der Waals surface area contributed by atoms with Gasteiger partial charge in [-0.15, -0.1) is 0 Å². The summed E-state index contributed by atoms with van der Waals surface area (Å²) in [6, 6.07) is 0. The molecule has 0 radical (unpaired) electrons. The molecule has 0 aliphatic carbocycles. The first-order chi connectivity index (χ1) is 7.85. The van der Waals surface area contributed by atoms with E-state index in [-0.39, 0.29) is 12.2 Å². The molecule has 0 aromatic carbocycles. The first-order valence-corrected chi connectivity index (χ1v) is 4.75. The predicted molar refractivity (Wildman–Crippen MR) is 52.1 cm³/mol. The Morgan fingerprint density at radius 3 is 2.53 bits per heavy atom. The van der Waals surface area contributed by atoms with Crippen LogP contribution in [0.2, 0.25) is 0 Å². The number of hydrogen-bond donors (Lipinski definition) is 1. The lowest BCUT2D eigenvalue weighted by atomic mass is 10.3. The molecule has 96 valence electrons. The van der Waals surface area contributed by atoms with E-state index >= 15 is 0 Å². The summed E-state index contributed by atoms with van der Waals surface area (Å²) in [5, 5.41) is 8.68. The molecule has 0 bridgehead atoms. The van der Waals surface area contributed by atoms with Crippen LogP contribution in [0.25, 0.3) is 0 Å². The molecule has 0 saturated heterocycles. The highest BCUT2D eigenvalue weighted by atomic mass is 19.4. The molecule has 1 rings (SSSR count). The Labute approximate surface area is 94.9 Å². The van der Waals surface area contributed by atoms with Gasteiger partial charge in [0.1, 0.15) is 12.9 Å². The summed E-state index contributed by atoms with van der Waals surface area (Å²) in [5.74, 6) is -1.37. The average molecular weight is 253 g/mol. The molecule has 17 heavy (non-hydrogen) atoms. The molecule has 1 N–H and O–H groups in total. The second kappa shape index (κ2) is 5.26. The van der Waals surface area contributed by atoms with Crippen LogP contribution in [0.1, 0.15) is 5.69 Å². The van der Waals surface area contributed by atoms with E-state index in [4.69, 9.17) is 5.11 Å². The van der Waals surface area contributed by atoms with E-state index in [1.165, 1.54) is 6.92 Å². The summed E-state index contributed by atoms with van der Waals surface area (Å²) in [6.07, 6.45) is -3.52. The van der Waals surface area contributed by atoms with Crippen molar-refractivity contribution in [2.24, 2.45) is 0 Å². The van der Waals surface area contributed by atoms with E-state index in [1.807, 2.05) is 0 Å². The van der Waals surface area contributed by atoms with Crippen LogP contribution in [-0.4, -0.2) is 40.9 Å². The minimum absolute atomic E-state index is 0.0416. The second-order valence-electron chi connectivity index (χ2n) is 3.36. The van der Waals surface area contributed by atoms with Crippen LogP contribution < -0.4 is 4.90 Å². The van der Waals surface area contributed by atoms with Gasteiger partial charge in [0.05, 0.1) is 12.3 Å². The number of anilines is 1. The molecule has 1 aromatic heterocycles. The lowest BCUT2D eigenvalue weighted by Gasteiger charge is -2.24. The van der Waals surface area contributed by atoms with Gasteiger partial charge in [-0.1, -0.05) is 0 Å². The van der Waals surface area contributed by atoms with Crippen molar-refractivity contribution < 1.29 is 22.7 Å². The number of hydrogen-bond acceptors (Lipinski definition) is 4. The molecule has 1 aromatic rings. The molecule has 0 fully saturated rings. The Balaban J connectivity index is 3.01. The zero-order chi connectivity index (χ0) is 13.1. The quantitative estimate of drug-likeness (QED) is 0.821. The third-order valence-corrected chi connectivity index (χ3v) is 1.98. The van der Waals surface area contributed by atoms with Crippen molar-refractivity contribution in [3.8, 4) is 0 Å². The minimum Gasteiger partial charge on any atom is -0.395 e. The minimum atomic E-state index is -4.50. The zero-order valence-electron chi connectivity index (χ0n) is 9.00. The summed E-state index contributed by atoms with van der Waals surface area (Å²) < 4.78 is 50.3. The number of aliphatic hydroxyl groups is 1. The first kappa shape index (κ1) is 13.6. The van der Waals surface area contributed by atoms with Gasteiger partial charge in [0.2, 0.25) is 0 Å². The molecule has 8 heteroatoms. The van der Waals surface area contributed by atoms with Crippen molar-refractivity contribution in [2.75, 3.05) is 24.6 Å². The molecule has 0 aliphatic heterocycles. The van der Waals surface area contributed by atoms with Crippen LogP contribution in [0.3, 0.4) is 0 Å². The highest BCUT2D eigenvalue weighted by Gasteiger charge is 2.32. The van der Waals surface area contributed by atoms with Crippen LogP contribution in [0.15, 0.2) is 6.33 Å². The highest BCUT2D eigenvalue weighted by molar-refractivity contribution is 5.40. The Morgan fingerprint density at radius 1 is 1.35 bits per heavy atom. The average Bonchev–Trinajstić information content (AvgIpc) is 2.19. The lowest BCUT2D eigenvalue weighted by Crippen LogP contribution is -2.37. The molecule has 0 aliphatic rings. The van der Waals surface area contributed by atoms with Gasteiger partial charge < -0.3 is 10.0 Å². The summed E-state index contributed by atoms with van der Waals surface area (Å²) in [7, 11) is 0. The lowest BCUT2D eigenvalue weighted by molar-refractivity contribution is -0.120. The van der Waals surface area contributed by atoms with Gasteiger partial charge in [0, 0.05) is 6.54 Å². The summed E-state index contributed by atoms with van der Waals surface area (Å²) in [4.78, 5) is 7.62. The fourth-order valence-corrected chi connectivity index (χ4v) is 1.26. The predicted octanol–water partition coefficient (Wildman–Crippen LogP) is 1.29. The largest absolute Gasteiger partial charge is 0.405 e. The fraction of sp³-hybridized carbons (Fsp3) is 0.556. The Morgan fingerprint density at radius 2 is 2.00 bits per heavy atom. The molecule has 0 atom stereocenters. The van der Waals surface area contributed by atoms with Gasteiger partial charge in [-0.3, -0.25) is 0 Å². The summed E-state index contributed by atoms with van der Waals surface area (Å²) in [5.41, 5.74) is -0.0416. The summed E-state index contributed by atoms with van der Waals surface area (Å²) in [6.45, 7) is -0.933. The molecular weight excluding hydrogens is 242 g/mol. The third kappa shape index (κ3) is 3.81. The maximum atomic E-state index is 13.5. The van der Waals surface area contributed by atoms with Gasteiger partial charge in [0.25, 0.3) is 0 Å². The monoisotopic (exact) mass is 253 g/mol. The van der Waals surface area contributed by atoms with Crippen molar-refractivity contribution in [1.29, 1.82) is 0 Å². The zero-order valence-corrected chi connectivity index (χ0v) is 9.00. The third-order valence-electron chi connectivity index (χ3n) is 1.98. The van der Waals surface area contributed by atoms with Crippen LogP contribution in [0.4, 0.5) is 23.4 Å². The van der Waals surface area contributed by atoms with Crippen molar-refractivity contribution >= 4 is 5.82 Å².